The number of piperidine rings is 1. The van der Waals surface area contributed by atoms with Gasteiger partial charge < -0.3 is 10.1 Å². The Hall–Kier alpha value is -1.88. The Kier molecular flexibility index (Phi) is 6.59. The van der Waals surface area contributed by atoms with Crippen LogP contribution >= 0.6 is 0 Å². The zero-order valence-corrected chi connectivity index (χ0v) is 15.9. The number of hydrogen-bond donors (Lipinski definition) is 1. The van der Waals surface area contributed by atoms with E-state index in [2.05, 4.69) is 12.2 Å². The molecule has 0 spiro atoms. The standard InChI is InChI=1S/C20H30N2O3/c1-5-12-22(14-25-17(4)23)13-7-6-11-18(22)20(24)21-19-15(2)9-8-10-16(19)3/h8-10,18H,5-7,11-14H2,1-4H3/p+1/t18-,22?/m0/s1. The van der Waals surface area contributed by atoms with E-state index in [4.69, 9.17) is 4.74 Å². The van der Waals surface area contributed by atoms with E-state index in [0.29, 0.717) is 4.48 Å². The van der Waals surface area contributed by atoms with Crippen molar-refractivity contribution in [3.8, 4) is 0 Å². The van der Waals surface area contributed by atoms with Crippen LogP contribution in [0.2, 0.25) is 0 Å². The van der Waals surface area contributed by atoms with Gasteiger partial charge in [-0.1, -0.05) is 25.1 Å². The highest BCUT2D eigenvalue weighted by atomic mass is 16.5. The number of nitrogens with zero attached hydrogens (tertiary/aromatic N) is 1. The van der Waals surface area contributed by atoms with Crippen LogP contribution in [-0.4, -0.2) is 42.2 Å². The highest BCUT2D eigenvalue weighted by molar-refractivity contribution is 5.95. The molecule has 5 nitrogen and oxygen atoms in total. The predicted octanol–water partition coefficient (Wildman–Crippen LogP) is 3.54. The van der Waals surface area contributed by atoms with Gasteiger partial charge in [0.25, 0.3) is 5.91 Å². The van der Waals surface area contributed by atoms with Crippen LogP contribution in [0.25, 0.3) is 0 Å². The summed E-state index contributed by atoms with van der Waals surface area (Å²) in [4.78, 5) is 24.5. The Morgan fingerprint density at radius 1 is 1.24 bits per heavy atom. The van der Waals surface area contributed by atoms with E-state index in [1.54, 1.807) is 0 Å². The Morgan fingerprint density at radius 2 is 1.92 bits per heavy atom. The van der Waals surface area contributed by atoms with E-state index in [1.165, 1.54) is 6.92 Å². The number of esters is 1. The molecule has 0 aromatic heterocycles. The van der Waals surface area contributed by atoms with Crippen molar-refractivity contribution in [2.75, 3.05) is 25.1 Å². The second-order valence-corrected chi connectivity index (χ2v) is 7.20. The zero-order valence-electron chi connectivity index (χ0n) is 15.9. The molecule has 25 heavy (non-hydrogen) atoms. The van der Waals surface area contributed by atoms with Gasteiger partial charge in [-0.05, 0) is 44.2 Å². The highest BCUT2D eigenvalue weighted by Gasteiger charge is 2.44. The third-order valence-corrected chi connectivity index (χ3v) is 5.22. The molecule has 0 radical (unpaired) electrons. The Labute approximate surface area is 150 Å². The highest BCUT2D eigenvalue weighted by Crippen LogP contribution is 2.29. The number of amides is 1. The van der Waals surface area contributed by atoms with E-state index in [0.717, 1.165) is 55.6 Å². The molecule has 1 unspecified atom stereocenters. The molecule has 1 saturated heterocycles. The van der Waals surface area contributed by atoms with Crippen LogP contribution in [0.3, 0.4) is 0 Å². The third-order valence-electron chi connectivity index (χ3n) is 5.22. The number of benzene rings is 1. The summed E-state index contributed by atoms with van der Waals surface area (Å²) in [6.45, 7) is 9.58. The summed E-state index contributed by atoms with van der Waals surface area (Å²) in [7, 11) is 0. The fraction of sp³-hybridized carbons (Fsp3) is 0.600. The average molecular weight is 347 g/mol. The molecular weight excluding hydrogens is 316 g/mol. The van der Waals surface area contributed by atoms with Crippen LogP contribution < -0.4 is 5.32 Å². The minimum absolute atomic E-state index is 0.0395. The Balaban J connectivity index is 2.25. The molecule has 1 amide bonds. The fourth-order valence-corrected chi connectivity index (χ4v) is 3.94. The summed E-state index contributed by atoms with van der Waals surface area (Å²) in [5.41, 5.74) is 3.04. The number of anilines is 1. The van der Waals surface area contributed by atoms with E-state index >= 15 is 0 Å². The molecule has 2 atom stereocenters. The van der Waals surface area contributed by atoms with Crippen LogP contribution in [0.1, 0.15) is 50.7 Å². The lowest BCUT2D eigenvalue weighted by Crippen LogP contribution is -2.63. The molecule has 5 heteroatoms. The lowest BCUT2D eigenvalue weighted by Gasteiger charge is -2.45. The first-order chi connectivity index (χ1) is 11.9. The SMILES string of the molecule is CCC[N+]1(COC(C)=O)CCCC[C@H]1C(=O)Nc1c(C)cccc1C. The molecule has 0 saturated carbocycles. The summed E-state index contributed by atoms with van der Waals surface area (Å²) in [6, 6.07) is 5.85. The molecule has 2 rings (SSSR count). The van der Waals surface area contributed by atoms with Gasteiger partial charge in [-0.3, -0.25) is 14.1 Å². The average Bonchev–Trinajstić information content (AvgIpc) is 2.57. The van der Waals surface area contributed by atoms with Gasteiger partial charge in [0.1, 0.15) is 0 Å². The molecule has 1 aliphatic heterocycles. The first-order valence-electron chi connectivity index (χ1n) is 9.26. The largest absolute Gasteiger partial charge is 0.415 e. The smallest absolute Gasteiger partial charge is 0.306 e. The van der Waals surface area contributed by atoms with Gasteiger partial charge in [0.05, 0.1) is 13.1 Å². The second-order valence-electron chi connectivity index (χ2n) is 7.20. The molecule has 1 N–H and O–H groups in total. The molecule has 1 aromatic carbocycles. The molecule has 1 fully saturated rings. The molecule has 1 aliphatic rings. The fourth-order valence-electron chi connectivity index (χ4n) is 3.94. The maximum atomic E-state index is 13.1. The van der Waals surface area contributed by atoms with Crippen LogP contribution in [-0.2, 0) is 14.3 Å². The number of para-hydroxylation sites is 1. The molecule has 0 bridgehead atoms. The lowest BCUT2D eigenvalue weighted by molar-refractivity contribution is -0.961. The second kappa shape index (κ2) is 8.48. The number of quaternary nitrogens is 1. The van der Waals surface area contributed by atoms with Gasteiger partial charge in [-0.2, -0.15) is 0 Å². The maximum absolute atomic E-state index is 13.1. The van der Waals surface area contributed by atoms with Gasteiger partial charge >= 0.3 is 5.97 Å². The van der Waals surface area contributed by atoms with Crippen molar-refractivity contribution in [3.63, 3.8) is 0 Å². The van der Waals surface area contributed by atoms with E-state index in [-0.39, 0.29) is 24.6 Å². The first kappa shape index (κ1) is 19.4. The summed E-state index contributed by atoms with van der Waals surface area (Å²) in [5, 5.41) is 3.15. The molecule has 1 aromatic rings. The quantitative estimate of drug-likeness (QED) is 0.632. The summed E-state index contributed by atoms with van der Waals surface area (Å²) in [5.74, 6) is -0.245. The van der Waals surface area contributed by atoms with Crippen molar-refractivity contribution in [2.45, 2.75) is 59.4 Å². The minimum Gasteiger partial charge on any atom is -0.415 e. The van der Waals surface area contributed by atoms with Crippen LogP contribution in [0.4, 0.5) is 5.69 Å². The van der Waals surface area contributed by atoms with E-state index < -0.39 is 0 Å². The summed E-state index contributed by atoms with van der Waals surface area (Å²) >= 11 is 0. The Bertz CT molecular complexity index is 605. The van der Waals surface area contributed by atoms with Gasteiger partial charge in [0, 0.05) is 19.0 Å². The molecule has 0 aliphatic carbocycles. The van der Waals surface area contributed by atoms with E-state index in [9.17, 15) is 9.59 Å². The Morgan fingerprint density at radius 3 is 2.52 bits per heavy atom. The van der Waals surface area contributed by atoms with Gasteiger partial charge in [0.15, 0.2) is 6.04 Å². The monoisotopic (exact) mass is 347 g/mol. The lowest BCUT2D eigenvalue weighted by atomic mass is 9.97. The van der Waals surface area contributed by atoms with Crippen molar-refractivity contribution in [1.82, 2.24) is 0 Å². The number of nitrogens with one attached hydrogen (secondary N) is 1. The number of hydrogen-bond acceptors (Lipinski definition) is 3. The van der Waals surface area contributed by atoms with Gasteiger partial charge in [0.2, 0.25) is 6.73 Å². The van der Waals surface area contributed by atoms with Crippen molar-refractivity contribution >= 4 is 17.6 Å². The number of rotatable bonds is 6. The van der Waals surface area contributed by atoms with E-state index in [1.807, 2.05) is 32.0 Å². The number of aryl methyl sites for hydroxylation is 2. The van der Waals surface area contributed by atoms with Crippen molar-refractivity contribution in [2.24, 2.45) is 0 Å². The first-order valence-corrected chi connectivity index (χ1v) is 9.26. The van der Waals surface area contributed by atoms with Crippen molar-refractivity contribution < 1.29 is 18.8 Å². The predicted molar refractivity (Wildman–Crippen MR) is 99.1 cm³/mol. The van der Waals surface area contributed by atoms with Crippen molar-refractivity contribution in [3.05, 3.63) is 29.3 Å². The number of carbonyl (C=O) groups excluding carboxylic acids is 2. The third kappa shape index (κ3) is 4.60. The topological polar surface area (TPSA) is 55.4 Å². The molecular formula is C20H31N2O3+. The normalized spacial score (nSPS) is 23.1. The summed E-state index contributed by atoms with van der Waals surface area (Å²) < 4.78 is 5.92. The molecule has 138 valence electrons. The number of carbonyl (C=O) groups is 2. The molecule has 1 heterocycles. The zero-order chi connectivity index (χ0) is 18.4. The minimum atomic E-state index is -0.284. The van der Waals surface area contributed by atoms with Crippen LogP contribution in [0.5, 0.6) is 0 Å². The number of likely N-dealkylation sites (tertiary alicyclic amines) is 1. The van der Waals surface area contributed by atoms with Crippen molar-refractivity contribution in [1.29, 1.82) is 0 Å². The summed E-state index contributed by atoms with van der Waals surface area (Å²) in [6.07, 6.45) is 3.88. The van der Waals surface area contributed by atoms with Crippen LogP contribution in [0.15, 0.2) is 18.2 Å². The van der Waals surface area contributed by atoms with Gasteiger partial charge in [-0.15, -0.1) is 0 Å². The maximum Gasteiger partial charge on any atom is 0.306 e. The van der Waals surface area contributed by atoms with Crippen LogP contribution in [0, 0.1) is 13.8 Å². The van der Waals surface area contributed by atoms with Gasteiger partial charge in [-0.25, -0.2) is 0 Å². The number of ether oxygens (including phenoxy) is 1.